The molecular weight excluding hydrogens is 254 g/mol. The lowest BCUT2D eigenvalue weighted by Gasteiger charge is -2.19. The Morgan fingerprint density at radius 3 is 2.55 bits per heavy atom. The molecule has 6 nitrogen and oxygen atoms in total. The van der Waals surface area contributed by atoms with E-state index in [1.54, 1.807) is 7.11 Å². The zero-order valence-corrected chi connectivity index (χ0v) is 11.8. The maximum absolute atomic E-state index is 5.41. The van der Waals surface area contributed by atoms with Gasteiger partial charge in [-0.05, 0) is 25.0 Å². The lowest BCUT2D eigenvalue weighted by atomic mass is 10.0. The molecule has 1 aromatic carbocycles. The molecule has 1 heterocycles. The van der Waals surface area contributed by atoms with Crippen LogP contribution in [0.2, 0.25) is 0 Å². The van der Waals surface area contributed by atoms with Crippen molar-refractivity contribution in [2.24, 2.45) is 5.84 Å². The summed E-state index contributed by atoms with van der Waals surface area (Å²) in [7, 11) is 1.56. The SMILES string of the molecule is COc1c(NN)ncnc1NC(C)c1ccccc1C. The Balaban J connectivity index is 2.28. The molecule has 4 N–H and O–H groups in total. The van der Waals surface area contributed by atoms with Crippen molar-refractivity contribution in [3.8, 4) is 5.75 Å². The fraction of sp³-hybridized carbons (Fsp3) is 0.286. The third-order valence-electron chi connectivity index (χ3n) is 3.15. The lowest BCUT2D eigenvalue weighted by molar-refractivity contribution is 0.414. The van der Waals surface area contributed by atoms with Crippen molar-refractivity contribution >= 4 is 11.6 Å². The molecule has 1 aromatic heterocycles. The van der Waals surface area contributed by atoms with Crippen LogP contribution in [0.1, 0.15) is 24.1 Å². The molecule has 0 aliphatic carbocycles. The highest BCUT2D eigenvalue weighted by Crippen LogP contribution is 2.31. The number of anilines is 2. The van der Waals surface area contributed by atoms with Crippen LogP contribution >= 0.6 is 0 Å². The second kappa shape index (κ2) is 6.21. The van der Waals surface area contributed by atoms with E-state index in [0.717, 1.165) is 0 Å². The summed E-state index contributed by atoms with van der Waals surface area (Å²) in [5.41, 5.74) is 4.92. The number of hydrogen-bond acceptors (Lipinski definition) is 6. The molecule has 0 saturated carbocycles. The molecule has 0 aliphatic rings. The van der Waals surface area contributed by atoms with E-state index in [9.17, 15) is 0 Å². The van der Waals surface area contributed by atoms with Gasteiger partial charge in [-0.15, -0.1) is 0 Å². The topological polar surface area (TPSA) is 85.1 Å². The van der Waals surface area contributed by atoms with Gasteiger partial charge >= 0.3 is 0 Å². The third-order valence-corrected chi connectivity index (χ3v) is 3.15. The molecule has 0 fully saturated rings. The molecule has 1 unspecified atom stereocenters. The van der Waals surface area contributed by atoms with Gasteiger partial charge in [-0.2, -0.15) is 0 Å². The van der Waals surface area contributed by atoms with Crippen LogP contribution in [0.5, 0.6) is 5.75 Å². The van der Waals surface area contributed by atoms with E-state index in [1.165, 1.54) is 17.5 Å². The zero-order chi connectivity index (χ0) is 14.5. The number of benzene rings is 1. The summed E-state index contributed by atoms with van der Waals surface area (Å²) in [6, 6.07) is 8.30. The Labute approximate surface area is 118 Å². The van der Waals surface area contributed by atoms with E-state index >= 15 is 0 Å². The van der Waals surface area contributed by atoms with E-state index in [2.05, 4.69) is 46.7 Å². The monoisotopic (exact) mass is 273 g/mol. The highest BCUT2D eigenvalue weighted by atomic mass is 16.5. The average Bonchev–Trinajstić information content (AvgIpc) is 2.47. The molecule has 0 spiro atoms. The minimum atomic E-state index is 0.0885. The molecule has 0 aliphatic heterocycles. The molecule has 0 saturated heterocycles. The maximum Gasteiger partial charge on any atom is 0.205 e. The summed E-state index contributed by atoms with van der Waals surface area (Å²) < 4.78 is 5.30. The van der Waals surface area contributed by atoms with E-state index in [1.807, 2.05) is 12.1 Å². The van der Waals surface area contributed by atoms with Crippen molar-refractivity contribution in [1.82, 2.24) is 9.97 Å². The van der Waals surface area contributed by atoms with Gasteiger partial charge in [-0.1, -0.05) is 24.3 Å². The van der Waals surface area contributed by atoms with Crippen molar-refractivity contribution in [2.75, 3.05) is 17.9 Å². The molecule has 2 aromatic rings. The number of aryl methyl sites for hydroxylation is 1. The number of nitrogens with zero attached hydrogens (tertiary/aromatic N) is 2. The van der Waals surface area contributed by atoms with Crippen LogP contribution in [0.15, 0.2) is 30.6 Å². The normalized spacial score (nSPS) is 11.8. The molecule has 0 bridgehead atoms. The number of aromatic nitrogens is 2. The fourth-order valence-corrected chi connectivity index (χ4v) is 2.13. The molecule has 0 radical (unpaired) electrons. The minimum Gasteiger partial charge on any atom is -0.490 e. The van der Waals surface area contributed by atoms with Gasteiger partial charge < -0.3 is 15.5 Å². The summed E-state index contributed by atoms with van der Waals surface area (Å²) in [4.78, 5) is 8.22. The Morgan fingerprint density at radius 2 is 1.90 bits per heavy atom. The van der Waals surface area contributed by atoms with Gasteiger partial charge in [0.25, 0.3) is 0 Å². The van der Waals surface area contributed by atoms with E-state index in [4.69, 9.17) is 10.6 Å². The first-order chi connectivity index (χ1) is 9.67. The van der Waals surface area contributed by atoms with Crippen LogP contribution in [0.25, 0.3) is 0 Å². The standard InChI is InChI=1S/C14H19N5O/c1-9-6-4-5-7-11(9)10(2)18-13-12(20-3)14(19-15)17-8-16-13/h4-8,10H,15H2,1-3H3,(H2,16,17,18,19). The predicted octanol–water partition coefficient (Wildman–Crippen LogP) is 2.25. The molecule has 20 heavy (non-hydrogen) atoms. The Morgan fingerprint density at radius 1 is 1.20 bits per heavy atom. The quantitative estimate of drug-likeness (QED) is 0.572. The Bertz CT molecular complexity index is 588. The highest BCUT2D eigenvalue weighted by Gasteiger charge is 2.15. The first-order valence-electron chi connectivity index (χ1n) is 6.35. The van der Waals surface area contributed by atoms with Gasteiger partial charge in [0.05, 0.1) is 13.2 Å². The summed E-state index contributed by atoms with van der Waals surface area (Å²) in [6.07, 6.45) is 1.44. The maximum atomic E-state index is 5.41. The number of rotatable bonds is 5. The van der Waals surface area contributed by atoms with Crippen molar-refractivity contribution in [3.05, 3.63) is 41.7 Å². The second-order valence-corrected chi connectivity index (χ2v) is 4.47. The number of nitrogen functional groups attached to an aromatic ring is 1. The highest BCUT2D eigenvalue weighted by molar-refractivity contribution is 5.63. The molecule has 106 valence electrons. The van der Waals surface area contributed by atoms with E-state index in [0.29, 0.717) is 17.4 Å². The van der Waals surface area contributed by atoms with Crippen LogP contribution in [0, 0.1) is 6.92 Å². The Hall–Kier alpha value is -2.34. The first kappa shape index (κ1) is 14.1. The van der Waals surface area contributed by atoms with Crippen LogP contribution in [-0.4, -0.2) is 17.1 Å². The average molecular weight is 273 g/mol. The Kier molecular flexibility index (Phi) is 4.37. The van der Waals surface area contributed by atoms with Crippen LogP contribution in [0.3, 0.4) is 0 Å². The van der Waals surface area contributed by atoms with E-state index in [-0.39, 0.29) is 6.04 Å². The minimum absolute atomic E-state index is 0.0885. The number of ether oxygens (including phenoxy) is 1. The first-order valence-corrected chi connectivity index (χ1v) is 6.35. The van der Waals surface area contributed by atoms with Gasteiger partial charge in [0.2, 0.25) is 5.75 Å². The van der Waals surface area contributed by atoms with Crippen molar-refractivity contribution in [3.63, 3.8) is 0 Å². The van der Waals surface area contributed by atoms with Crippen LogP contribution < -0.4 is 21.3 Å². The largest absolute Gasteiger partial charge is 0.490 e. The fourth-order valence-electron chi connectivity index (χ4n) is 2.13. The van der Waals surface area contributed by atoms with Gasteiger partial charge in [0, 0.05) is 0 Å². The summed E-state index contributed by atoms with van der Waals surface area (Å²) in [5, 5.41) is 3.32. The van der Waals surface area contributed by atoms with Crippen molar-refractivity contribution in [2.45, 2.75) is 19.9 Å². The lowest BCUT2D eigenvalue weighted by Crippen LogP contribution is -2.14. The third kappa shape index (κ3) is 2.80. The smallest absolute Gasteiger partial charge is 0.205 e. The van der Waals surface area contributed by atoms with E-state index < -0.39 is 0 Å². The summed E-state index contributed by atoms with van der Waals surface area (Å²) in [6.45, 7) is 4.15. The number of hydrazine groups is 1. The molecule has 6 heteroatoms. The summed E-state index contributed by atoms with van der Waals surface area (Å²) in [5.74, 6) is 6.96. The molecule has 2 rings (SSSR count). The van der Waals surface area contributed by atoms with Crippen LogP contribution in [-0.2, 0) is 0 Å². The number of nitrogens with two attached hydrogens (primary N) is 1. The molecular formula is C14H19N5O. The van der Waals surface area contributed by atoms with Gasteiger partial charge in [0.1, 0.15) is 6.33 Å². The van der Waals surface area contributed by atoms with Crippen molar-refractivity contribution in [1.29, 1.82) is 0 Å². The predicted molar refractivity (Wildman–Crippen MR) is 79.6 cm³/mol. The van der Waals surface area contributed by atoms with Gasteiger partial charge in [-0.25, -0.2) is 15.8 Å². The molecule has 0 amide bonds. The van der Waals surface area contributed by atoms with Crippen LogP contribution in [0.4, 0.5) is 11.6 Å². The number of nitrogens with one attached hydrogen (secondary N) is 2. The second-order valence-electron chi connectivity index (χ2n) is 4.47. The number of methoxy groups -OCH3 is 1. The van der Waals surface area contributed by atoms with Gasteiger partial charge in [-0.3, -0.25) is 0 Å². The molecule has 1 atom stereocenters. The zero-order valence-electron chi connectivity index (χ0n) is 11.8. The number of hydrogen-bond donors (Lipinski definition) is 3. The van der Waals surface area contributed by atoms with Crippen molar-refractivity contribution < 1.29 is 4.74 Å². The van der Waals surface area contributed by atoms with Gasteiger partial charge in [0.15, 0.2) is 11.6 Å². The summed E-state index contributed by atoms with van der Waals surface area (Å²) >= 11 is 0.